The van der Waals surface area contributed by atoms with E-state index in [0.717, 1.165) is 10.1 Å². The molecule has 26 heavy (non-hydrogen) atoms. The second kappa shape index (κ2) is 7.17. The molecule has 2 aromatic heterocycles. The van der Waals surface area contributed by atoms with Crippen LogP contribution in [0.1, 0.15) is 0 Å². The first-order valence-corrected chi connectivity index (χ1v) is 8.82. The van der Waals surface area contributed by atoms with Crippen LogP contribution in [0.4, 0.5) is 0 Å². The lowest BCUT2D eigenvalue weighted by Crippen LogP contribution is -2.37. The molecule has 0 radical (unpaired) electrons. The first kappa shape index (κ1) is 17.9. The van der Waals surface area contributed by atoms with Crippen LogP contribution in [0.2, 0.25) is 0 Å². The Morgan fingerprint density at radius 3 is 2.69 bits per heavy atom. The van der Waals surface area contributed by atoms with Crippen molar-refractivity contribution in [2.45, 2.75) is 5.03 Å². The molecule has 2 heterocycles. The van der Waals surface area contributed by atoms with Gasteiger partial charge in [-0.25, -0.2) is 14.8 Å². The smallest absolute Gasteiger partial charge is 0.332 e. The second-order valence-corrected chi connectivity index (χ2v) is 6.60. The van der Waals surface area contributed by atoms with E-state index >= 15 is 0 Å². The normalized spacial score (nSPS) is 10.9. The van der Waals surface area contributed by atoms with E-state index in [2.05, 4.69) is 16.5 Å². The molecule has 0 amide bonds. The van der Waals surface area contributed by atoms with Gasteiger partial charge in [-0.05, 0) is 12.1 Å². The van der Waals surface area contributed by atoms with Crippen molar-refractivity contribution in [3.63, 3.8) is 0 Å². The molecule has 134 valence electrons. The van der Waals surface area contributed by atoms with Crippen LogP contribution in [0.3, 0.4) is 0 Å². The van der Waals surface area contributed by atoms with Crippen molar-refractivity contribution in [2.75, 3.05) is 12.9 Å². The van der Waals surface area contributed by atoms with Gasteiger partial charge in [-0.1, -0.05) is 18.2 Å². The fourth-order valence-electron chi connectivity index (χ4n) is 2.56. The fourth-order valence-corrected chi connectivity index (χ4v) is 3.31. The van der Waals surface area contributed by atoms with Gasteiger partial charge in [0, 0.05) is 25.4 Å². The maximum atomic E-state index is 12.6. The number of methoxy groups -OCH3 is 1. The number of aryl methyl sites for hydroxylation is 1. The van der Waals surface area contributed by atoms with Gasteiger partial charge in [-0.3, -0.25) is 13.9 Å². The minimum Gasteiger partial charge on any atom is -0.497 e. The Labute approximate surface area is 154 Å². The number of thioether (sulfide) groups is 1. The van der Waals surface area contributed by atoms with Gasteiger partial charge in [0.05, 0.1) is 7.11 Å². The summed E-state index contributed by atoms with van der Waals surface area (Å²) in [5.74, 6) is 1.67. The number of fused-ring (bicyclic) bond motifs is 1. The summed E-state index contributed by atoms with van der Waals surface area (Å²) in [6, 6.07) is 7.32. The molecule has 0 aliphatic carbocycles. The van der Waals surface area contributed by atoms with Gasteiger partial charge in [0.1, 0.15) is 16.2 Å². The van der Waals surface area contributed by atoms with Gasteiger partial charge in [-0.15, -0.1) is 18.3 Å². The third-order valence-electron chi connectivity index (χ3n) is 3.93. The van der Waals surface area contributed by atoms with Crippen molar-refractivity contribution in [2.24, 2.45) is 14.1 Å². The first-order valence-electron chi connectivity index (χ1n) is 7.83. The largest absolute Gasteiger partial charge is 0.497 e. The summed E-state index contributed by atoms with van der Waals surface area (Å²) in [4.78, 5) is 34.0. The minimum absolute atomic E-state index is 0.303. The number of hydrogen-bond acceptors (Lipinski definition) is 6. The maximum absolute atomic E-state index is 12.6. The van der Waals surface area contributed by atoms with Crippen molar-refractivity contribution in [1.82, 2.24) is 19.1 Å². The van der Waals surface area contributed by atoms with E-state index in [9.17, 15) is 9.59 Å². The Morgan fingerprint density at radius 2 is 2.00 bits per heavy atom. The van der Waals surface area contributed by atoms with E-state index < -0.39 is 11.2 Å². The molecule has 0 N–H and O–H groups in total. The molecule has 0 fully saturated rings. The fraction of sp³-hybridized carbons (Fsp3) is 0.222. The lowest BCUT2D eigenvalue weighted by atomic mass is 10.2. The van der Waals surface area contributed by atoms with Gasteiger partial charge >= 0.3 is 5.69 Å². The van der Waals surface area contributed by atoms with Gasteiger partial charge < -0.3 is 4.74 Å². The van der Waals surface area contributed by atoms with E-state index in [1.807, 2.05) is 24.3 Å². The predicted molar refractivity (Wildman–Crippen MR) is 103 cm³/mol. The van der Waals surface area contributed by atoms with E-state index in [1.165, 1.54) is 23.4 Å². The molecule has 3 rings (SSSR count). The average Bonchev–Trinajstić information content (AvgIpc) is 2.68. The maximum Gasteiger partial charge on any atom is 0.332 e. The van der Waals surface area contributed by atoms with Crippen molar-refractivity contribution in [3.8, 4) is 17.1 Å². The molecule has 0 bridgehead atoms. The Balaban J connectivity index is 2.38. The number of nitrogens with zero attached hydrogens (tertiary/aromatic N) is 4. The first-order chi connectivity index (χ1) is 12.5. The lowest BCUT2D eigenvalue weighted by molar-refractivity contribution is 0.415. The van der Waals surface area contributed by atoms with Gasteiger partial charge in [0.25, 0.3) is 5.56 Å². The van der Waals surface area contributed by atoms with Crippen LogP contribution in [0.5, 0.6) is 5.75 Å². The van der Waals surface area contributed by atoms with Crippen molar-refractivity contribution in [1.29, 1.82) is 0 Å². The highest BCUT2D eigenvalue weighted by Gasteiger charge is 2.18. The SMILES string of the molecule is C=CCSc1nc(-c2cccc(OC)c2)nc2c1c(=O)n(C)c(=O)n2C. The lowest BCUT2D eigenvalue weighted by Gasteiger charge is -2.12. The molecule has 3 aromatic rings. The summed E-state index contributed by atoms with van der Waals surface area (Å²) in [6.07, 6.45) is 1.73. The van der Waals surface area contributed by atoms with Crippen LogP contribution in [0, 0.1) is 0 Å². The van der Waals surface area contributed by atoms with E-state index in [4.69, 9.17) is 4.74 Å². The molecular weight excluding hydrogens is 352 g/mol. The van der Waals surface area contributed by atoms with Crippen LogP contribution in [0.25, 0.3) is 22.4 Å². The summed E-state index contributed by atoms with van der Waals surface area (Å²) in [5, 5.41) is 0.844. The predicted octanol–water partition coefficient (Wildman–Crippen LogP) is 1.98. The van der Waals surface area contributed by atoms with E-state index in [0.29, 0.717) is 33.4 Å². The molecule has 0 saturated heterocycles. The minimum atomic E-state index is -0.433. The average molecular weight is 370 g/mol. The van der Waals surface area contributed by atoms with Gasteiger partial charge in [-0.2, -0.15) is 0 Å². The third kappa shape index (κ3) is 3.03. The quantitative estimate of drug-likeness (QED) is 0.388. The van der Waals surface area contributed by atoms with Crippen LogP contribution >= 0.6 is 11.8 Å². The van der Waals surface area contributed by atoms with Gasteiger partial charge in [0.2, 0.25) is 0 Å². The van der Waals surface area contributed by atoms with Crippen molar-refractivity contribution in [3.05, 3.63) is 57.8 Å². The topological polar surface area (TPSA) is 79.0 Å². The number of rotatable bonds is 5. The molecule has 8 heteroatoms. The zero-order chi connectivity index (χ0) is 18.8. The molecule has 7 nitrogen and oxygen atoms in total. The summed E-state index contributed by atoms with van der Waals surface area (Å²) >= 11 is 1.38. The van der Waals surface area contributed by atoms with Crippen LogP contribution in [-0.4, -0.2) is 32.0 Å². The number of ether oxygens (including phenoxy) is 1. The zero-order valence-corrected chi connectivity index (χ0v) is 15.5. The van der Waals surface area contributed by atoms with E-state index in [-0.39, 0.29) is 0 Å². The second-order valence-electron chi connectivity index (χ2n) is 5.59. The van der Waals surface area contributed by atoms with Gasteiger partial charge in [0.15, 0.2) is 11.5 Å². The number of aromatic nitrogens is 4. The summed E-state index contributed by atoms with van der Waals surface area (Å²) < 4.78 is 7.68. The molecule has 0 aliphatic heterocycles. The number of hydrogen-bond donors (Lipinski definition) is 0. The Bertz CT molecular complexity index is 1120. The highest BCUT2D eigenvalue weighted by Crippen LogP contribution is 2.27. The summed E-state index contributed by atoms with van der Waals surface area (Å²) in [5.41, 5.74) is 0.196. The van der Waals surface area contributed by atoms with Crippen molar-refractivity contribution < 1.29 is 4.74 Å². The standard InChI is InChI=1S/C18H18N4O3S/c1-5-9-26-16-13-15(21(2)18(24)22(3)17(13)23)19-14(20-16)11-7-6-8-12(10-11)25-4/h5-8,10H,1,9H2,2-4H3. The molecule has 1 aromatic carbocycles. The molecular formula is C18H18N4O3S. The highest BCUT2D eigenvalue weighted by molar-refractivity contribution is 7.99. The van der Waals surface area contributed by atoms with E-state index in [1.54, 1.807) is 20.2 Å². The highest BCUT2D eigenvalue weighted by atomic mass is 32.2. The molecule has 0 spiro atoms. The Kier molecular flexibility index (Phi) is 4.94. The third-order valence-corrected chi connectivity index (χ3v) is 4.90. The van der Waals surface area contributed by atoms with Crippen LogP contribution in [0.15, 0.2) is 51.5 Å². The molecule has 0 saturated carbocycles. The molecule has 0 aliphatic rings. The summed E-state index contributed by atoms with van der Waals surface area (Å²) in [6.45, 7) is 3.71. The van der Waals surface area contributed by atoms with Crippen LogP contribution < -0.4 is 16.0 Å². The molecule has 0 atom stereocenters. The Morgan fingerprint density at radius 1 is 1.23 bits per heavy atom. The van der Waals surface area contributed by atoms with Crippen molar-refractivity contribution >= 4 is 22.8 Å². The zero-order valence-electron chi connectivity index (χ0n) is 14.7. The summed E-state index contributed by atoms with van der Waals surface area (Å²) in [7, 11) is 4.62. The monoisotopic (exact) mass is 370 g/mol. The number of benzene rings is 1. The van der Waals surface area contributed by atoms with Crippen LogP contribution in [-0.2, 0) is 14.1 Å². The molecule has 0 unspecified atom stereocenters. The Hall–Kier alpha value is -2.87.